The zero-order valence-corrected chi connectivity index (χ0v) is 12.7. The maximum atomic E-state index is 11.9. The molecule has 0 aromatic carbocycles. The fourth-order valence-corrected chi connectivity index (χ4v) is 3.32. The van der Waals surface area contributed by atoms with Crippen molar-refractivity contribution in [2.24, 2.45) is 0 Å². The van der Waals surface area contributed by atoms with E-state index in [2.05, 4.69) is 11.9 Å². The highest BCUT2D eigenvalue weighted by atomic mass is 35.7. The lowest BCUT2D eigenvalue weighted by Gasteiger charge is -2.47. The van der Waals surface area contributed by atoms with Gasteiger partial charge in [0.05, 0.1) is 0 Å². The summed E-state index contributed by atoms with van der Waals surface area (Å²) in [6.45, 7) is 4.91. The molecule has 1 aliphatic rings. The van der Waals surface area contributed by atoms with E-state index in [9.17, 15) is 18.6 Å². The van der Waals surface area contributed by atoms with Gasteiger partial charge in [0, 0.05) is 0 Å². The number of carboxylic acids is 1. The van der Waals surface area contributed by atoms with Crippen molar-refractivity contribution in [3.05, 3.63) is 12.2 Å². The third kappa shape index (κ3) is 3.13. The summed E-state index contributed by atoms with van der Waals surface area (Å²) in [4.78, 5) is 35.1. The largest absolute Gasteiger partial charge is 0.479 e. The number of carbonyl (C=O) groups is 3. The number of nitrogens with zero attached hydrogens (tertiary/aromatic N) is 1. The molecule has 4 unspecified atom stereocenters. The zero-order chi connectivity index (χ0) is 15.6. The van der Waals surface area contributed by atoms with Gasteiger partial charge in [-0.1, -0.05) is 6.58 Å². The van der Waals surface area contributed by atoms with Gasteiger partial charge >= 0.3 is 5.97 Å². The smallest absolute Gasteiger partial charge is 0.330 e. The molecule has 2 N–H and O–H groups in total. The van der Waals surface area contributed by atoms with E-state index < -0.39 is 45.3 Å². The average molecular weight is 343 g/mol. The van der Waals surface area contributed by atoms with Crippen molar-refractivity contribution in [3.63, 3.8) is 0 Å². The Morgan fingerprint density at radius 1 is 1.60 bits per heavy atom. The summed E-state index contributed by atoms with van der Waals surface area (Å²) in [6, 6.07) is -2.50. The Morgan fingerprint density at radius 2 is 2.15 bits per heavy atom. The maximum Gasteiger partial charge on any atom is 0.330 e. The van der Waals surface area contributed by atoms with E-state index in [0.29, 0.717) is 0 Å². The van der Waals surface area contributed by atoms with Gasteiger partial charge in [-0.15, -0.1) is 11.6 Å². The van der Waals surface area contributed by atoms with Gasteiger partial charge in [0.2, 0.25) is 11.8 Å². The molecule has 7 nitrogen and oxygen atoms in total. The number of amides is 2. The van der Waals surface area contributed by atoms with E-state index in [-0.39, 0.29) is 11.5 Å². The molecular weight excluding hydrogens is 331 g/mol. The average Bonchev–Trinajstić information content (AvgIpc) is 2.34. The Kier molecular flexibility index (Phi) is 5.55. The minimum Gasteiger partial charge on any atom is -0.479 e. The monoisotopic (exact) mass is 342 g/mol. The molecule has 1 fully saturated rings. The summed E-state index contributed by atoms with van der Waals surface area (Å²) in [6.07, 6.45) is 0. The molecule has 10 heteroatoms. The van der Waals surface area contributed by atoms with E-state index in [1.165, 1.54) is 6.92 Å². The highest BCUT2D eigenvalue weighted by molar-refractivity contribution is 8.08. The van der Waals surface area contributed by atoms with Crippen LogP contribution in [0.15, 0.2) is 12.2 Å². The van der Waals surface area contributed by atoms with E-state index >= 15 is 0 Å². The first-order chi connectivity index (χ1) is 9.22. The molecule has 1 heterocycles. The molecule has 0 bridgehead atoms. The predicted molar refractivity (Wildman–Crippen MR) is 73.5 cm³/mol. The minimum absolute atomic E-state index is 0.181. The second-order valence-electron chi connectivity index (χ2n) is 4.15. The SMILES string of the molecule is C=C(C)C(C(=O)O)N1C(=O)C(NC(=O)CCl)C1S(=O)Cl. The topological polar surface area (TPSA) is 104 Å². The fraction of sp³-hybridized carbons (Fsp3) is 0.500. The van der Waals surface area contributed by atoms with Gasteiger partial charge in [-0.2, -0.15) is 0 Å². The van der Waals surface area contributed by atoms with Crippen molar-refractivity contribution in [2.45, 2.75) is 24.4 Å². The standard InChI is InChI=1S/C10H12Cl2N2O5S/c1-4(2)7(10(17)18)14-8(16)6(9(14)20(12)19)13-5(15)3-11/h6-7,9H,1,3H2,2H3,(H,13,15)(H,17,18). The van der Waals surface area contributed by atoms with Crippen LogP contribution in [0.1, 0.15) is 6.92 Å². The molecule has 2 amide bonds. The number of alkyl halides is 1. The number of carbonyl (C=O) groups excluding carboxylic acids is 2. The van der Waals surface area contributed by atoms with E-state index in [1.807, 2.05) is 0 Å². The van der Waals surface area contributed by atoms with Crippen molar-refractivity contribution < 1.29 is 23.7 Å². The van der Waals surface area contributed by atoms with Gasteiger partial charge in [-0.05, 0) is 23.2 Å². The van der Waals surface area contributed by atoms with Crippen LogP contribution in [0.5, 0.6) is 0 Å². The number of aliphatic carboxylic acids is 1. The van der Waals surface area contributed by atoms with Gasteiger partial charge in [0.1, 0.15) is 21.9 Å². The van der Waals surface area contributed by atoms with Gasteiger partial charge in [-0.3, -0.25) is 9.59 Å². The third-order valence-corrected chi connectivity index (χ3v) is 4.36. The number of halogens is 2. The lowest BCUT2D eigenvalue weighted by atomic mass is 9.99. The highest BCUT2D eigenvalue weighted by Crippen LogP contribution is 2.30. The Hall–Kier alpha value is -1.12. The van der Waals surface area contributed by atoms with Crippen LogP contribution in [-0.2, 0) is 24.4 Å². The minimum atomic E-state index is -2.06. The number of β-lactam (4-membered cyclic amide) rings is 1. The first-order valence-corrected chi connectivity index (χ1v) is 7.92. The number of likely N-dealkylation sites (tertiary alicyclic amines) is 1. The predicted octanol–water partition coefficient (Wildman–Crippen LogP) is -0.190. The Balaban J connectivity index is 3.02. The molecule has 0 saturated carbocycles. The van der Waals surface area contributed by atoms with Gasteiger partial charge in [0.15, 0.2) is 11.4 Å². The second-order valence-corrected chi connectivity index (χ2v) is 6.31. The van der Waals surface area contributed by atoms with Crippen LogP contribution in [0.25, 0.3) is 0 Å². The maximum absolute atomic E-state index is 11.9. The van der Waals surface area contributed by atoms with Crippen LogP contribution in [0.3, 0.4) is 0 Å². The van der Waals surface area contributed by atoms with Gasteiger partial charge in [-0.25, -0.2) is 9.00 Å². The van der Waals surface area contributed by atoms with Crippen molar-refractivity contribution >= 4 is 50.1 Å². The first-order valence-electron chi connectivity index (χ1n) is 5.35. The molecule has 1 saturated heterocycles. The molecular formula is C10H12Cl2N2O5S. The number of hydrogen-bond acceptors (Lipinski definition) is 4. The summed E-state index contributed by atoms with van der Waals surface area (Å²) in [5, 5.41) is 10.2. The van der Waals surface area contributed by atoms with Gasteiger partial charge < -0.3 is 15.3 Å². The lowest BCUT2D eigenvalue weighted by molar-refractivity contribution is -0.159. The zero-order valence-electron chi connectivity index (χ0n) is 10.3. The van der Waals surface area contributed by atoms with Crippen LogP contribution in [0.4, 0.5) is 0 Å². The van der Waals surface area contributed by atoms with Crippen molar-refractivity contribution in [1.82, 2.24) is 10.2 Å². The summed E-state index contributed by atoms with van der Waals surface area (Å²) in [7, 11) is 3.42. The number of rotatable bonds is 6. The molecule has 0 spiro atoms. The Bertz CT molecular complexity index is 484. The summed E-state index contributed by atoms with van der Waals surface area (Å²) in [5.74, 6) is -3.04. The van der Waals surface area contributed by atoms with E-state index in [1.54, 1.807) is 0 Å². The quantitative estimate of drug-likeness (QED) is 0.301. The van der Waals surface area contributed by atoms with Crippen LogP contribution >= 0.6 is 22.3 Å². The number of carboxylic acid groups (broad SMARTS) is 1. The van der Waals surface area contributed by atoms with Crippen LogP contribution in [0, 0.1) is 0 Å². The summed E-state index contributed by atoms with van der Waals surface area (Å²) >= 11 is 5.30. The van der Waals surface area contributed by atoms with Crippen LogP contribution in [0.2, 0.25) is 0 Å². The van der Waals surface area contributed by atoms with E-state index in [0.717, 1.165) is 4.90 Å². The fourth-order valence-electron chi connectivity index (χ4n) is 1.87. The van der Waals surface area contributed by atoms with Crippen LogP contribution in [-0.4, -0.2) is 55.3 Å². The third-order valence-electron chi connectivity index (χ3n) is 2.69. The highest BCUT2D eigenvalue weighted by Gasteiger charge is 2.55. The van der Waals surface area contributed by atoms with E-state index in [4.69, 9.17) is 27.4 Å². The van der Waals surface area contributed by atoms with Crippen molar-refractivity contribution in [2.75, 3.05) is 5.88 Å². The number of nitrogens with one attached hydrogen (secondary N) is 1. The molecule has 20 heavy (non-hydrogen) atoms. The Morgan fingerprint density at radius 3 is 2.50 bits per heavy atom. The van der Waals surface area contributed by atoms with Crippen molar-refractivity contribution in [3.8, 4) is 0 Å². The second kappa shape index (κ2) is 6.55. The lowest BCUT2D eigenvalue weighted by Crippen LogP contribution is -2.74. The molecule has 0 radical (unpaired) electrons. The first kappa shape index (κ1) is 16.9. The Labute approximate surface area is 126 Å². The van der Waals surface area contributed by atoms with Crippen molar-refractivity contribution in [1.29, 1.82) is 0 Å². The summed E-state index contributed by atoms with van der Waals surface area (Å²) in [5.41, 5.74) is 0.181. The van der Waals surface area contributed by atoms with Crippen LogP contribution < -0.4 is 5.32 Å². The summed E-state index contributed by atoms with van der Waals surface area (Å²) < 4.78 is 11.5. The molecule has 112 valence electrons. The normalized spacial score (nSPS) is 24.6. The molecule has 4 atom stereocenters. The molecule has 1 rings (SSSR count). The molecule has 0 aromatic rings. The molecule has 1 aliphatic heterocycles. The number of hydrogen-bond donors (Lipinski definition) is 2. The molecule has 0 aliphatic carbocycles. The molecule has 0 aromatic heterocycles. The van der Waals surface area contributed by atoms with Gasteiger partial charge in [0.25, 0.3) is 0 Å².